The molecular weight excluding hydrogens is 354 g/mol. The summed E-state index contributed by atoms with van der Waals surface area (Å²) in [5.74, 6) is 1.10. The Kier molecular flexibility index (Phi) is 4.93. The van der Waals surface area contributed by atoms with Crippen molar-refractivity contribution in [1.82, 2.24) is 25.3 Å². The predicted octanol–water partition coefficient (Wildman–Crippen LogP) is 2.41. The van der Waals surface area contributed by atoms with E-state index in [9.17, 15) is 4.79 Å². The molecule has 28 heavy (non-hydrogen) atoms. The first-order chi connectivity index (χ1) is 13.6. The molecule has 3 heterocycles. The monoisotopic (exact) mass is 379 g/mol. The molecule has 1 saturated heterocycles. The Labute approximate surface area is 164 Å². The van der Waals surface area contributed by atoms with Crippen LogP contribution < -0.4 is 9.80 Å². The van der Waals surface area contributed by atoms with Crippen LogP contribution in [0.25, 0.3) is 5.65 Å². The lowest BCUT2D eigenvalue weighted by Gasteiger charge is -2.34. The number of anilines is 2. The Morgan fingerprint density at radius 2 is 1.96 bits per heavy atom. The number of aromatic nitrogens is 5. The maximum Gasteiger partial charge on any atom is 0.230 e. The summed E-state index contributed by atoms with van der Waals surface area (Å²) in [7, 11) is 0. The Balaban J connectivity index is 1.46. The van der Waals surface area contributed by atoms with Crippen LogP contribution in [0, 0.1) is 19.8 Å². The minimum atomic E-state index is 0.0351. The molecule has 1 aliphatic rings. The first-order valence-corrected chi connectivity index (χ1v) is 9.76. The molecule has 0 N–H and O–H groups in total. The van der Waals surface area contributed by atoms with Gasteiger partial charge in [-0.3, -0.25) is 4.79 Å². The molecule has 0 saturated carbocycles. The zero-order valence-electron chi connectivity index (χ0n) is 16.5. The third-order valence-electron chi connectivity index (χ3n) is 5.46. The molecule has 4 rings (SSSR count). The van der Waals surface area contributed by atoms with Crippen LogP contribution in [0.5, 0.6) is 0 Å². The number of fused-ring (bicyclic) bond motifs is 1. The van der Waals surface area contributed by atoms with Gasteiger partial charge in [0.05, 0.1) is 0 Å². The number of piperidine rings is 1. The number of hydrogen-bond acceptors (Lipinski definition) is 6. The van der Waals surface area contributed by atoms with Crippen molar-refractivity contribution < 1.29 is 4.79 Å². The van der Waals surface area contributed by atoms with E-state index in [2.05, 4.69) is 57.6 Å². The zero-order chi connectivity index (χ0) is 19.7. The lowest BCUT2D eigenvalue weighted by Crippen LogP contribution is -2.43. The molecule has 0 spiro atoms. The van der Waals surface area contributed by atoms with Crippen LogP contribution in [-0.2, 0) is 4.79 Å². The second-order valence-corrected chi connectivity index (χ2v) is 7.35. The van der Waals surface area contributed by atoms with E-state index in [0.29, 0.717) is 12.2 Å². The average Bonchev–Trinajstić information content (AvgIpc) is 3.19. The van der Waals surface area contributed by atoms with Crippen LogP contribution in [0.2, 0.25) is 0 Å². The van der Waals surface area contributed by atoms with Gasteiger partial charge in [-0.1, -0.05) is 12.1 Å². The summed E-state index contributed by atoms with van der Waals surface area (Å²) >= 11 is 0. The van der Waals surface area contributed by atoms with Crippen molar-refractivity contribution in [1.29, 1.82) is 0 Å². The van der Waals surface area contributed by atoms with Gasteiger partial charge >= 0.3 is 0 Å². The van der Waals surface area contributed by atoms with Gasteiger partial charge in [0.25, 0.3) is 0 Å². The van der Waals surface area contributed by atoms with Gasteiger partial charge in [0, 0.05) is 31.2 Å². The largest absolute Gasteiger partial charge is 0.355 e. The molecule has 3 aromatic rings. The maximum absolute atomic E-state index is 13.2. The lowest BCUT2D eigenvalue weighted by molar-refractivity contribution is -0.122. The minimum Gasteiger partial charge on any atom is -0.355 e. The highest BCUT2D eigenvalue weighted by Crippen LogP contribution is 2.28. The smallest absolute Gasteiger partial charge is 0.230 e. The van der Waals surface area contributed by atoms with Crippen LogP contribution in [0.1, 0.15) is 30.9 Å². The zero-order valence-corrected chi connectivity index (χ0v) is 16.5. The van der Waals surface area contributed by atoms with E-state index in [1.807, 2.05) is 24.0 Å². The molecule has 8 heteroatoms. The topological polar surface area (TPSA) is 79.5 Å². The first kappa shape index (κ1) is 18.3. The van der Waals surface area contributed by atoms with Crippen LogP contribution in [-0.4, -0.2) is 50.8 Å². The molecule has 0 bridgehead atoms. The van der Waals surface area contributed by atoms with Gasteiger partial charge in [-0.2, -0.15) is 0 Å². The highest BCUT2D eigenvalue weighted by molar-refractivity contribution is 5.96. The molecule has 0 aliphatic carbocycles. The fourth-order valence-corrected chi connectivity index (χ4v) is 3.84. The van der Waals surface area contributed by atoms with Gasteiger partial charge in [0.15, 0.2) is 11.5 Å². The van der Waals surface area contributed by atoms with Crippen LogP contribution >= 0.6 is 0 Å². The average molecular weight is 379 g/mol. The summed E-state index contributed by atoms with van der Waals surface area (Å²) in [6.45, 7) is 8.44. The highest BCUT2D eigenvalue weighted by Gasteiger charge is 2.30. The standard InChI is InChI=1S/C20H25N7O/c1-4-26(17-13-14(2)5-6-15(17)3)20(28)16-9-11-25(12-10-16)19-8-7-18-21-23-24-27(18)22-19/h5-8,13,16H,4,9-12H2,1-3H3. The maximum atomic E-state index is 13.2. The summed E-state index contributed by atoms with van der Waals surface area (Å²) in [5.41, 5.74) is 3.96. The van der Waals surface area contributed by atoms with Crippen molar-refractivity contribution in [3.8, 4) is 0 Å². The molecule has 146 valence electrons. The van der Waals surface area contributed by atoms with E-state index in [0.717, 1.165) is 43.0 Å². The number of amides is 1. The predicted molar refractivity (Wildman–Crippen MR) is 107 cm³/mol. The molecule has 2 aromatic heterocycles. The third kappa shape index (κ3) is 3.42. The Morgan fingerprint density at radius 3 is 2.71 bits per heavy atom. The van der Waals surface area contributed by atoms with Crippen molar-refractivity contribution in [3.05, 3.63) is 41.5 Å². The summed E-state index contributed by atoms with van der Waals surface area (Å²) in [6.07, 6.45) is 1.63. The second kappa shape index (κ2) is 7.53. The normalized spacial score (nSPS) is 15.2. The Bertz CT molecular complexity index is 991. The number of benzene rings is 1. The van der Waals surface area contributed by atoms with E-state index >= 15 is 0 Å². The number of carbonyl (C=O) groups is 1. The molecule has 1 aromatic carbocycles. The first-order valence-electron chi connectivity index (χ1n) is 9.76. The van der Waals surface area contributed by atoms with Gasteiger partial charge in [-0.15, -0.1) is 14.8 Å². The molecule has 0 atom stereocenters. The van der Waals surface area contributed by atoms with E-state index in [1.165, 1.54) is 10.2 Å². The molecule has 1 amide bonds. The number of aryl methyl sites for hydroxylation is 2. The van der Waals surface area contributed by atoms with Crippen molar-refractivity contribution in [3.63, 3.8) is 0 Å². The Morgan fingerprint density at radius 1 is 1.18 bits per heavy atom. The van der Waals surface area contributed by atoms with Crippen molar-refractivity contribution >= 4 is 23.1 Å². The summed E-state index contributed by atoms with van der Waals surface area (Å²) < 4.78 is 1.44. The van der Waals surface area contributed by atoms with E-state index in [1.54, 1.807) is 0 Å². The molecule has 0 radical (unpaired) electrons. The fourth-order valence-electron chi connectivity index (χ4n) is 3.84. The quantitative estimate of drug-likeness (QED) is 0.693. The van der Waals surface area contributed by atoms with Crippen LogP contribution in [0.3, 0.4) is 0 Å². The van der Waals surface area contributed by atoms with Crippen molar-refractivity contribution in [2.24, 2.45) is 5.92 Å². The van der Waals surface area contributed by atoms with Gasteiger partial charge < -0.3 is 9.80 Å². The fraction of sp³-hybridized carbons (Fsp3) is 0.450. The van der Waals surface area contributed by atoms with Gasteiger partial charge in [-0.05, 0) is 73.4 Å². The van der Waals surface area contributed by atoms with E-state index in [4.69, 9.17) is 0 Å². The van der Waals surface area contributed by atoms with Gasteiger partial charge in [0.2, 0.25) is 5.91 Å². The Hall–Kier alpha value is -3.03. The number of carbonyl (C=O) groups excluding carboxylic acids is 1. The van der Waals surface area contributed by atoms with Crippen LogP contribution in [0.4, 0.5) is 11.5 Å². The molecule has 1 aliphatic heterocycles. The van der Waals surface area contributed by atoms with Crippen molar-refractivity contribution in [2.75, 3.05) is 29.4 Å². The second-order valence-electron chi connectivity index (χ2n) is 7.35. The number of nitrogens with zero attached hydrogens (tertiary/aromatic N) is 7. The lowest BCUT2D eigenvalue weighted by atomic mass is 9.94. The molecule has 8 nitrogen and oxygen atoms in total. The van der Waals surface area contributed by atoms with Gasteiger partial charge in [-0.25, -0.2) is 0 Å². The minimum absolute atomic E-state index is 0.0351. The molecule has 0 unspecified atom stereocenters. The SMILES string of the molecule is CCN(C(=O)C1CCN(c2ccc3nnnn3n2)CC1)c1cc(C)ccc1C. The molecular formula is C20H25N7O. The number of rotatable bonds is 4. The van der Waals surface area contributed by atoms with Crippen molar-refractivity contribution in [2.45, 2.75) is 33.6 Å². The molecule has 1 fully saturated rings. The summed E-state index contributed by atoms with van der Waals surface area (Å²) in [5, 5.41) is 15.8. The van der Waals surface area contributed by atoms with Gasteiger partial charge in [0.1, 0.15) is 0 Å². The summed E-state index contributed by atoms with van der Waals surface area (Å²) in [4.78, 5) is 17.4. The number of hydrogen-bond donors (Lipinski definition) is 0. The highest BCUT2D eigenvalue weighted by atomic mass is 16.2. The number of tetrazole rings is 1. The van der Waals surface area contributed by atoms with E-state index in [-0.39, 0.29) is 11.8 Å². The van der Waals surface area contributed by atoms with Crippen LogP contribution in [0.15, 0.2) is 30.3 Å². The summed E-state index contributed by atoms with van der Waals surface area (Å²) in [6, 6.07) is 10.1. The third-order valence-corrected chi connectivity index (χ3v) is 5.46. The van der Waals surface area contributed by atoms with E-state index < -0.39 is 0 Å².